The molecule has 1 heterocycles. The molecular formula is C12H19BrN2S. The Morgan fingerprint density at radius 2 is 2.44 bits per heavy atom. The van der Waals surface area contributed by atoms with Gasteiger partial charge in [-0.3, -0.25) is 11.3 Å². The zero-order chi connectivity index (χ0) is 11.5. The molecule has 1 aliphatic carbocycles. The Morgan fingerprint density at radius 1 is 1.62 bits per heavy atom. The third-order valence-corrected chi connectivity index (χ3v) is 5.56. The second-order valence-electron chi connectivity index (χ2n) is 4.85. The third kappa shape index (κ3) is 2.86. The van der Waals surface area contributed by atoms with Crippen LogP contribution in [0.2, 0.25) is 0 Å². The standard InChI is InChI=1S/C12H19BrN2S/c1-8-2-3-9(6-8)11(15-14)7-12-10(13)4-5-16-12/h4-5,8-9,11,15H,2-3,6-7,14H2,1H3. The first-order valence-electron chi connectivity index (χ1n) is 5.88. The minimum absolute atomic E-state index is 0.430. The fourth-order valence-corrected chi connectivity index (χ4v) is 4.22. The van der Waals surface area contributed by atoms with Crippen molar-refractivity contribution < 1.29 is 0 Å². The predicted molar refractivity (Wildman–Crippen MR) is 73.3 cm³/mol. The molecule has 2 nitrogen and oxygen atoms in total. The van der Waals surface area contributed by atoms with Crippen LogP contribution in [-0.2, 0) is 6.42 Å². The van der Waals surface area contributed by atoms with Gasteiger partial charge in [-0.1, -0.05) is 13.3 Å². The predicted octanol–water partition coefficient (Wildman–Crippen LogP) is 3.32. The van der Waals surface area contributed by atoms with Gasteiger partial charge in [0.25, 0.3) is 0 Å². The molecule has 1 aromatic heterocycles. The van der Waals surface area contributed by atoms with Gasteiger partial charge in [0.2, 0.25) is 0 Å². The molecule has 0 aromatic carbocycles. The first-order chi connectivity index (χ1) is 7.70. The number of nitrogens with two attached hydrogens (primary N) is 1. The molecule has 1 aliphatic rings. The average Bonchev–Trinajstić information content (AvgIpc) is 2.85. The molecule has 4 heteroatoms. The molecule has 0 amide bonds. The van der Waals surface area contributed by atoms with Gasteiger partial charge in [-0.05, 0) is 58.5 Å². The molecule has 3 unspecified atom stereocenters. The molecule has 0 spiro atoms. The molecule has 0 aliphatic heterocycles. The van der Waals surface area contributed by atoms with E-state index in [9.17, 15) is 0 Å². The van der Waals surface area contributed by atoms with Crippen molar-refractivity contribution in [1.29, 1.82) is 0 Å². The van der Waals surface area contributed by atoms with Crippen molar-refractivity contribution >= 4 is 27.3 Å². The molecule has 0 radical (unpaired) electrons. The van der Waals surface area contributed by atoms with Gasteiger partial charge in [-0.25, -0.2) is 0 Å². The van der Waals surface area contributed by atoms with Crippen LogP contribution in [-0.4, -0.2) is 6.04 Å². The SMILES string of the molecule is CC1CCC(C(Cc2sccc2Br)NN)C1. The second kappa shape index (κ2) is 5.63. The summed E-state index contributed by atoms with van der Waals surface area (Å²) in [5, 5.41) is 2.13. The fraction of sp³-hybridized carbons (Fsp3) is 0.667. The van der Waals surface area contributed by atoms with Crippen LogP contribution < -0.4 is 11.3 Å². The van der Waals surface area contributed by atoms with Gasteiger partial charge >= 0.3 is 0 Å². The van der Waals surface area contributed by atoms with E-state index in [-0.39, 0.29) is 0 Å². The van der Waals surface area contributed by atoms with Gasteiger partial charge in [-0.15, -0.1) is 11.3 Å². The van der Waals surface area contributed by atoms with E-state index < -0.39 is 0 Å². The van der Waals surface area contributed by atoms with E-state index in [4.69, 9.17) is 5.84 Å². The molecule has 3 N–H and O–H groups in total. The highest BCUT2D eigenvalue weighted by Gasteiger charge is 2.28. The van der Waals surface area contributed by atoms with Crippen LogP contribution in [0.15, 0.2) is 15.9 Å². The Balaban J connectivity index is 1.98. The van der Waals surface area contributed by atoms with Crippen molar-refractivity contribution in [2.75, 3.05) is 0 Å². The van der Waals surface area contributed by atoms with Crippen LogP contribution in [0.3, 0.4) is 0 Å². The number of hydrogen-bond acceptors (Lipinski definition) is 3. The van der Waals surface area contributed by atoms with Crippen molar-refractivity contribution in [3.8, 4) is 0 Å². The molecule has 16 heavy (non-hydrogen) atoms. The third-order valence-electron chi connectivity index (χ3n) is 3.61. The summed E-state index contributed by atoms with van der Waals surface area (Å²) in [6, 6.07) is 2.55. The van der Waals surface area contributed by atoms with Crippen LogP contribution >= 0.6 is 27.3 Å². The summed E-state index contributed by atoms with van der Waals surface area (Å²) in [5.74, 6) is 7.32. The highest BCUT2D eigenvalue weighted by Crippen LogP contribution is 2.35. The molecule has 3 atom stereocenters. The largest absolute Gasteiger partial charge is 0.271 e. The Labute approximate surface area is 110 Å². The summed E-state index contributed by atoms with van der Waals surface area (Å²) in [7, 11) is 0. The van der Waals surface area contributed by atoms with Crippen molar-refractivity contribution in [3.63, 3.8) is 0 Å². The first-order valence-corrected chi connectivity index (χ1v) is 7.56. The van der Waals surface area contributed by atoms with Crippen molar-refractivity contribution in [3.05, 3.63) is 20.8 Å². The summed E-state index contributed by atoms with van der Waals surface area (Å²) in [4.78, 5) is 1.41. The minimum atomic E-state index is 0.430. The van der Waals surface area contributed by atoms with Crippen LogP contribution in [0.4, 0.5) is 0 Å². The maximum atomic E-state index is 5.70. The van der Waals surface area contributed by atoms with Gasteiger partial charge in [0.1, 0.15) is 0 Å². The van der Waals surface area contributed by atoms with Gasteiger partial charge in [-0.2, -0.15) is 0 Å². The molecule has 2 rings (SSSR count). The van der Waals surface area contributed by atoms with E-state index in [0.29, 0.717) is 6.04 Å². The molecule has 0 saturated heterocycles. The zero-order valence-electron chi connectivity index (χ0n) is 9.58. The van der Waals surface area contributed by atoms with Crippen LogP contribution in [0.1, 0.15) is 31.1 Å². The van der Waals surface area contributed by atoms with Crippen LogP contribution in [0.25, 0.3) is 0 Å². The topological polar surface area (TPSA) is 38.0 Å². The summed E-state index contributed by atoms with van der Waals surface area (Å²) in [5.41, 5.74) is 3.02. The Bertz CT molecular complexity index is 340. The number of halogens is 1. The number of nitrogens with one attached hydrogen (secondary N) is 1. The monoisotopic (exact) mass is 302 g/mol. The lowest BCUT2D eigenvalue weighted by molar-refractivity contribution is 0.354. The van der Waals surface area contributed by atoms with Gasteiger partial charge in [0.05, 0.1) is 0 Å². The van der Waals surface area contributed by atoms with E-state index in [1.54, 1.807) is 0 Å². The maximum Gasteiger partial charge on any atom is 0.0314 e. The summed E-state index contributed by atoms with van der Waals surface area (Å²) in [6.45, 7) is 2.34. The van der Waals surface area contributed by atoms with E-state index >= 15 is 0 Å². The highest BCUT2D eigenvalue weighted by atomic mass is 79.9. The van der Waals surface area contributed by atoms with Crippen molar-refractivity contribution in [2.24, 2.45) is 17.7 Å². The van der Waals surface area contributed by atoms with Gasteiger partial charge < -0.3 is 0 Å². The molecule has 1 saturated carbocycles. The van der Waals surface area contributed by atoms with Gasteiger partial charge in [0, 0.05) is 15.4 Å². The number of rotatable bonds is 4. The van der Waals surface area contributed by atoms with E-state index in [0.717, 1.165) is 18.3 Å². The molecular weight excluding hydrogens is 284 g/mol. The van der Waals surface area contributed by atoms with Crippen molar-refractivity contribution in [1.82, 2.24) is 5.43 Å². The summed E-state index contributed by atoms with van der Waals surface area (Å²) >= 11 is 5.40. The lowest BCUT2D eigenvalue weighted by Gasteiger charge is -2.22. The molecule has 1 aromatic rings. The highest BCUT2D eigenvalue weighted by molar-refractivity contribution is 9.10. The van der Waals surface area contributed by atoms with Crippen molar-refractivity contribution in [2.45, 2.75) is 38.6 Å². The number of thiophene rings is 1. The second-order valence-corrected chi connectivity index (χ2v) is 6.70. The first kappa shape index (κ1) is 12.6. The summed E-state index contributed by atoms with van der Waals surface area (Å²) < 4.78 is 1.23. The van der Waals surface area contributed by atoms with E-state index in [1.807, 2.05) is 11.3 Å². The smallest absolute Gasteiger partial charge is 0.0314 e. The van der Waals surface area contributed by atoms with E-state index in [2.05, 4.69) is 39.7 Å². The average molecular weight is 303 g/mol. The Morgan fingerprint density at radius 3 is 2.94 bits per heavy atom. The van der Waals surface area contributed by atoms with Crippen LogP contribution in [0.5, 0.6) is 0 Å². The number of hydrazine groups is 1. The lowest BCUT2D eigenvalue weighted by atomic mass is 9.94. The van der Waals surface area contributed by atoms with Crippen LogP contribution in [0, 0.1) is 11.8 Å². The summed E-state index contributed by atoms with van der Waals surface area (Å²) in [6.07, 6.45) is 5.04. The molecule has 1 fully saturated rings. The maximum absolute atomic E-state index is 5.70. The quantitative estimate of drug-likeness (QED) is 0.661. The fourth-order valence-electron chi connectivity index (χ4n) is 2.65. The van der Waals surface area contributed by atoms with E-state index in [1.165, 1.54) is 28.6 Å². The zero-order valence-corrected chi connectivity index (χ0v) is 12.0. The molecule has 0 bridgehead atoms. The normalized spacial score (nSPS) is 27.2. The minimum Gasteiger partial charge on any atom is -0.271 e. The lowest BCUT2D eigenvalue weighted by Crippen LogP contribution is -2.41. The Hall–Kier alpha value is 0.1000. The number of hydrogen-bond donors (Lipinski definition) is 2. The Kier molecular flexibility index (Phi) is 4.41. The van der Waals surface area contributed by atoms with Gasteiger partial charge in [0.15, 0.2) is 0 Å². The molecule has 90 valence electrons.